The second-order valence-corrected chi connectivity index (χ2v) is 1.73. The van der Waals surface area contributed by atoms with Gasteiger partial charge < -0.3 is 9.52 Å². The maximum Gasteiger partial charge on any atom is 0.371 e. The zero-order valence-electron chi connectivity index (χ0n) is 5.40. The van der Waals surface area contributed by atoms with Crippen molar-refractivity contribution in [3.8, 4) is 0 Å². The Morgan fingerprint density at radius 3 is 2.82 bits per heavy atom. The smallest absolute Gasteiger partial charge is 0.371 e. The molecule has 0 radical (unpaired) electrons. The summed E-state index contributed by atoms with van der Waals surface area (Å²) < 4.78 is 4.64. The van der Waals surface area contributed by atoms with Gasteiger partial charge in [0.05, 0.1) is 0 Å². The van der Waals surface area contributed by atoms with Gasteiger partial charge in [-0.05, 0) is 6.07 Å². The van der Waals surface area contributed by atoms with E-state index >= 15 is 0 Å². The monoisotopic (exact) mass is 155 g/mol. The molecule has 1 rings (SSSR count). The van der Waals surface area contributed by atoms with Gasteiger partial charge in [-0.15, -0.1) is 0 Å². The molecule has 5 nitrogen and oxygen atoms in total. The molecule has 0 bridgehead atoms. The van der Waals surface area contributed by atoms with E-state index in [4.69, 9.17) is 5.11 Å². The molecule has 58 valence electrons. The number of carboxylic acids is 1. The molecule has 1 amide bonds. The van der Waals surface area contributed by atoms with E-state index in [1.807, 2.05) is 0 Å². The third kappa shape index (κ3) is 1.57. The minimum absolute atomic E-state index is 0.123. The summed E-state index contributed by atoms with van der Waals surface area (Å²) >= 11 is 0. The summed E-state index contributed by atoms with van der Waals surface area (Å²) in [6.45, 7) is 0. The second kappa shape index (κ2) is 2.87. The zero-order valence-corrected chi connectivity index (χ0v) is 5.40. The molecule has 11 heavy (non-hydrogen) atoms. The van der Waals surface area contributed by atoms with Crippen LogP contribution in [0.15, 0.2) is 16.5 Å². The first-order valence-electron chi connectivity index (χ1n) is 2.77. The van der Waals surface area contributed by atoms with Crippen molar-refractivity contribution in [2.45, 2.75) is 0 Å². The summed E-state index contributed by atoms with van der Waals surface area (Å²) in [6, 6.07) is 2.62. The van der Waals surface area contributed by atoms with Gasteiger partial charge in [0.1, 0.15) is 0 Å². The molecule has 0 atom stereocenters. The predicted molar refractivity (Wildman–Crippen MR) is 35.4 cm³/mol. The van der Waals surface area contributed by atoms with E-state index in [1.54, 1.807) is 0 Å². The Kier molecular flexibility index (Phi) is 1.91. The molecular weight excluding hydrogens is 150 g/mol. The number of carbonyl (C=O) groups excluding carboxylic acids is 1. The van der Waals surface area contributed by atoms with Crippen molar-refractivity contribution < 1.29 is 19.1 Å². The third-order valence-electron chi connectivity index (χ3n) is 1.02. The SMILES string of the molecule is O=CNc1ccc(C(=O)O)o1. The molecule has 0 aromatic carbocycles. The zero-order chi connectivity index (χ0) is 8.27. The maximum atomic E-state index is 10.2. The van der Waals surface area contributed by atoms with Crippen molar-refractivity contribution in [2.24, 2.45) is 0 Å². The summed E-state index contributed by atoms with van der Waals surface area (Å²) in [5.41, 5.74) is 0. The van der Waals surface area contributed by atoms with Gasteiger partial charge in [-0.3, -0.25) is 10.1 Å². The van der Waals surface area contributed by atoms with Crippen molar-refractivity contribution in [3.05, 3.63) is 17.9 Å². The Morgan fingerprint density at radius 2 is 2.36 bits per heavy atom. The van der Waals surface area contributed by atoms with Crippen LogP contribution in [0.1, 0.15) is 10.6 Å². The molecule has 0 saturated heterocycles. The van der Waals surface area contributed by atoms with E-state index in [0.29, 0.717) is 6.41 Å². The number of nitrogens with one attached hydrogen (secondary N) is 1. The van der Waals surface area contributed by atoms with Crippen LogP contribution in [0.25, 0.3) is 0 Å². The Morgan fingerprint density at radius 1 is 1.64 bits per heavy atom. The first-order chi connectivity index (χ1) is 5.24. The quantitative estimate of drug-likeness (QED) is 0.624. The normalized spacial score (nSPS) is 9.09. The topological polar surface area (TPSA) is 79.5 Å². The van der Waals surface area contributed by atoms with Crippen LogP contribution in [0.5, 0.6) is 0 Å². The molecule has 0 unspecified atom stereocenters. The number of aromatic carboxylic acids is 1. The number of carboxylic acid groups (broad SMARTS) is 1. The van der Waals surface area contributed by atoms with E-state index in [1.165, 1.54) is 12.1 Å². The molecule has 1 heterocycles. The molecule has 0 aliphatic rings. The van der Waals surface area contributed by atoms with Crippen molar-refractivity contribution in [2.75, 3.05) is 5.32 Å². The standard InChI is InChI=1S/C6H5NO4/c8-3-7-5-2-1-4(11-5)6(9)10/h1-3H,(H,7,8)(H,9,10). The lowest BCUT2D eigenvalue weighted by atomic mass is 10.5. The van der Waals surface area contributed by atoms with E-state index in [-0.39, 0.29) is 11.6 Å². The van der Waals surface area contributed by atoms with Crippen molar-refractivity contribution >= 4 is 18.3 Å². The van der Waals surface area contributed by atoms with Crippen molar-refractivity contribution in [1.29, 1.82) is 0 Å². The fourth-order valence-electron chi connectivity index (χ4n) is 0.588. The Balaban J connectivity index is 2.81. The average molecular weight is 155 g/mol. The first kappa shape index (κ1) is 7.33. The van der Waals surface area contributed by atoms with Gasteiger partial charge >= 0.3 is 5.97 Å². The summed E-state index contributed by atoms with van der Waals surface area (Å²) in [4.78, 5) is 20.0. The molecule has 1 aromatic rings. The lowest BCUT2D eigenvalue weighted by Gasteiger charge is -1.88. The van der Waals surface area contributed by atoms with Crippen LogP contribution in [0, 0.1) is 0 Å². The largest absolute Gasteiger partial charge is 0.475 e. The number of hydrogen-bond acceptors (Lipinski definition) is 3. The third-order valence-corrected chi connectivity index (χ3v) is 1.02. The van der Waals surface area contributed by atoms with E-state index in [9.17, 15) is 9.59 Å². The van der Waals surface area contributed by atoms with Crippen LogP contribution in [0.3, 0.4) is 0 Å². The molecule has 2 N–H and O–H groups in total. The molecule has 0 fully saturated rings. The second-order valence-electron chi connectivity index (χ2n) is 1.73. The highest BCUT2D eigenvalue weighted by atomic mass is 16.4. The molecule has 0 aliphatic heterocycles. The molecule has 5 heteroatoms. The highest BCUT2D eigenvalue weighted by molar-refractivity contribution is 5.85. The van der Waals surface area contributed by atoms with Gasteiger partial charge in [0, 0.05) is 6.07 Å². The molecule has 0 saturated carbocycles. The Bertz CT molecular complexity index is 278. The first-order valence-corrected chi connectivity index (χ1v) is 2.77. The van der Waals surface area contributed by atoms with Gasteiger partial charge in [0.25, 0.3) is 0 Å². The number of furan rings is 1. The molecule has 0 spiro atoms. The molecule has 0 aliphatic carbocycles. The minimum atomic E-state index is -1.16. The van der Waals surface area contributed by atoms with Crippen LogP contribution >= 0.6 is 0 Å². The van der Waals surface area contributed by atoms with Gasteiger partial charge in [-0.25, -0.2) is 4.79 Å². The van der Waals surface area contributed by atoms with Gasteiger partial charge in [-0.2, -0.15) is 0 Å². The van der Waals surface area contributed by atoms with Gasteiger partial charge in [0.15, 0.2) is 5.88 Å². The highest BCUT2D eigenvalue weighted by Crippen LogP contribution is 2.11. The Labute approximate surface area is 61.6 Å². The fraction of sp³-hybridized carbons (Fsp3) is 0. The molecule has 1 aromatic heterocycles. The summed E-state index contributed by atoms with van der Waals surface area (Å²) in [5.74, 6) is -1.24. The average Bonchev–Trinajstić information content (AvgIpc) is 2.37. The highest BCUT2D eigenvalue weighted by Gasteiger charge is 2.07. The van der Waals surface area contributed by atoms with E-state index in [2.05, 4.69) is 9.73 Å². The molecular formula is C6H5NO4. The van der Waals surface area contributed by atoms with Crippen LogP contribution in [-0.4, -0.2) is 17.5 Å². The maximum absolute atomic E-state index is 10.2. The Hall–Kier alpha value is -1.78. The number of anilines is 1. The van der Waals surface area contributed by atoms with Crippen molar-refractivity contribution in [3.63, 3.8) is 0 Å². The van der Waals surface area contributed by atoms with Crippen LogP contribution in [0.2, 0.25) is 0 Å². The van der Waals surface area contributed by atoms with Crippen LogP contribution < -0.4 is 5.32 Å². The predicted octanol–water partition coefficient (Wildman–Crippen LogP) is 0.546. The van der Waals surface area contributed by atoms with Crippen molar-refractivity contribution in [1.82, 2.24) is 0 Å². The lowest BCUT2D eigenvalue weighted by molar-refractivity contribution is -0.105. The summed E-state index contributed by atoms with van der Waals surface area (Å²) in [7, 11) is 0. The lowest BCUT2D eigenvalue weighted by Crippen LogP contribution is -1.93. The fourth-order valence-corrected chi connectivity index (χ4v) is 0.588. The van der Waals surface area contributed by atoms with Gasteiger partial charge in [0.2, 0.25) is 12.2 Å². The summed E-state index contributed by atoms with van der Waals surface area (Å²) in [5, 5.41) is 10.5. The summed E-state index contributed by atoms with van der Waals surface area (Å²) in [6.07, 6.45) is 0.407. The van der Waals surface area contributed by atoms with Crippen LogP contribution in [0.4, 0.5) is 5.88 Å². The minimum Gasteiger partial charge on any atom is -0.475 e. The van der Waals surface area contributed by atoms with Gasteiger partial charge in [-0.1, -0.05) is 0 Å². The van der Waals surface area contributed by atoms with E-state index < -0.39 is 5.97 Å². The number of carbonyl (C=O) groups is 2. The van der Waals surface area contributed by atoms with Crippen LogP contribution in [-0.2, 0) is 4.79 Å². The number of amides is 1. The number of rotatable bonds is 3. The number of hydrogen-bond donors (Lipinski definition) is 2. The van der Waals surface area contributed by atoms with E-state index in [0.717, 1.165) is 0 Å².